The molecule has 0 bridgehead atoms. The van der Waals surface area contributed by atoms with Crippen molar-refractivity contribution in [3.8, 4) is 0 Å². The summed E-state index contributed by atoms with van der Waals surface area (Å²) < 4.78 is 0. The van der Waals surface area contributed by atoms with Gasteiger partial charge < -0.3 is 0 Å². The predicted molar refractivity (Wildman–Crippen MR) is 62.9 cm³/mol. The van der Waals surface area contributed by atoms with Crippen LogP contribution in [0.1, 0.15) is 24.8 Å². The van der Waals surface area contributed by atoms with Gasteiger partial charge in [-0.25, -0.2) is 0 Å². The van der Waals surface area contributed by atoms with Crippen LogP contribution in [0.4, 0.5) is 0 Å². The molecule has 0 saturated heterocycles. The van der Waals surface area contributed by atoms with Gasteiger partial charge >= 0.3 is 0 Å². The molecule has 1 atom stereocenters. The zero-order valence-corrected chi connectivity index (χ0v) is 9.07. The molecule has 2 nitrogen and oxygen atoms in total. The lowest BCUT2D eigenvalue weighted by molar-refractivity contribution is 0.771. The highest BCUT2D eigenvalue weighted by Crippen LogP contribution is 2.29. The van der Waals surface area contributed by atoms with Crippen molar-refractivity contribution < 1.29 is 0 Å². The van der Waals surface area contributed by atoms with E-state index in [4.69, 9.17) is 11.6 Å². The van der Waals surface area contributed by atoms with Crippen molar-refractivity contribution >= 4 is 17.7 Å². The standard InChI is InChI=1S/C12H12ClNO/c13-11-6-4-9(5-7-11)8-10-2-1-3-12(10)14-15/h4-8,12H,1-3H2. The summed E-state index contributed by atoms with van der Waals surface area (Å²) in [5.41, 5.74) is 2.23. The number of rotatable bonds is 2. The van der Waals surface area contributed by atoms with Crippen LogP contribution in [0.25, 0.3) is 6.08 Å². The first-order valence-corrected chi connectivity index (χ1v) is 5.46. The summed E-state index contributed by atoms with van der Waals surface area (Å²) >= 11 is 5.80. The monoisotopic (exact) mass is 221 g/mol. The molecule has 0 N–H and O–H groups in total. The van der Waals surface area contributed by atoms with Gasteiger partial charge in [0, 0.05) is 5.02 Å². The normalized spacial score (nSPS) is 23.3. The van der Waals surface area contributed by atoms with E-state index in [1.165, 1.54) is 0 Å². The molecule has 1 saturated carbocycles. The molecule has 1 aliphatic rings. The van der Waals surface area contributed by atoms with Gasteiger partial charge in [-0.3, -0.25) is 0 Å². The first-order valence-electron chi connectivity index (χ1n) is 5.08. The van der Waals surface area contributed by atoms with Gasteiger partial charge in [0.1, 0.15) is 6.04 Å². The Labute approximate surface area is 93.9 Å². The zero-order chi connectivity index (χ0) is 10.7. The largest absolute Gasteiger partial charge is 0.150 e. The maximum absolute atomic E-state index is 10.5. The number of nitroso groups, excluding NO2 is 1. The molecule has 78 valence electrons. The van der Waals surface area contributed by atoms with Crippen LogP contribution in [0, 0.1) is 4.91 Å². The number of nitrogens with zero attached hydrogens (tertiary/aromatic N) is 1. The third-order valence-corrected chi connectivity index (χ3v) is 2.97. The van der Waals surface area contributed by atoms with E-state index in [1.807, 2.05) is 24.3 Å². The Balaban J connectivity index is 2.22. The second-order valence-electron chi connectivity index (χ2n) is 3.78. The second-order valence-corrected chi connectivity index (χ2v) is 4.22. The minimum absolute atomic E-state index is 0.110. The van der Waals surface area contributed by atoms with Crippen LogP contribution < -0.4 is 0 Å². The van der Waals surface area contributed by atoms with Gasteiger partial charge in [0.05, 0.1) is 0 Å². The Morgan fingerprint density at radius 1 is 1.33 bits per heavy atom. The molecule has 15 heavy (non-hydrogen) atoms. The van der Waals surface area contributed by atoms with E-state index in [1.54, 1.807) is 0 Å². The maximum atomic E-state index is 10.5. The Morgan fingerprint density at radius 2 is 2.07 bits per heavy atom. The molecule has 1 unspecified atom stereocenters. The first kappa shape index (κ1) is 10.4. The molecule has 1 aromatic rings. The van der Waals surface area contributed by atoms with Crippen LogP contribution in [0.5, 0.6) is 0 Å². The van der Waals surface area contributed by atoms with E-state index in [0.717, 1.165) is 35.4 Å². The Kier molecular flexibility index (Phi) is 3.17. The lowest BCUT2D eigenvalue weighted by Crippen LogP contribution is -1.97. The average molecular weight is 222 g/mol. The van der Waals surface area contributed by atoms with Crippen LogP contribution in [-0.4, -0.2) is 6.04 Å². The molecule has 0 aliphatic heterocycles. The molecule has 1 aliphatic carbocycles. The SMILES string of the molecule is O=NC1CCCC1=Cc1ccc(Cl)cc1. The van der Waals surface area contributed by atoms with Crippen molar-refractivity contribution in [2.45, 2.75) is 25.3 Å². The van der Waals surface area contributed by atoms with E-state index in [-0.39, 0.29) is 6.04 Å². The van der Waals surface area contributed by atoms with Crippen molar-refractivity contribution in [1.29, 1.82) is 0 Å². The fraction of sp³-hybridized carbons (Fsp3) is 0.333. The van der Waals surface area contributed by atoms with E-state index >= 15 is 0 Å². The van der Waals surface area contributed by atoms with Gasteiger partial charge in [-0.1, -0.05) is 35.0 Å². The minimum atomic E-state index is -0.110. The number of halogens is 1. The molecule has 0 aromatic heterocycles. The highest BCUT2D eigenvalue weighted by Gasteiger charge is 2.20. The highest BCUT2D eigenvalue weighted by molar-refractivity contribution is 6.30. The summed E-state index contributed by atoms with van der Waals surface area (Å²) in [5, 5.41) is 3.87. The van der Waals surface area contributed by atoms with Gasteiger partial charge in [-0.2, -0.15) is 4.91 Å². The van der Waals surface area contributed by atoms with Crippen molar-refractivity contribution in [2.24, 2.45) is 5.18 Å². The highest BCUT2D eigenvalue weighted by atomic mass is 35.5. The molecule has 2 rings (SSSR count). The molecule has 1 fully saturated rings. The molecular weight excluding hydrogens is 210 g/mol. The lowest BCUT2D eigenvalue weighted by atomic mass is 10.1. The zero-order valence-electron chi connectivity index (χ0n) is 8.32. The van der Waals surface area contributed by atoms with Gasteiger partial charge in [-0.05, 0) is 42.5 Å². The number of benzene rings is 1. The van der Waals surface area contributed by atoms with Crippen LogP contribution in [0.15, 0.2) is 35.0 Å². The van der Waals surface area contributed by atoms with Crippen LogP contribution in [0.3, 0.4) is 0 Å². The van der Waals surface area contributed by atoms with Gasteiger partial charge in [0.15, 0.2) is 0 Å². The minimum Gasteiger partial charge on any atom is -0.150 e. The first-order chi connectivity index (χ1) is 7.29. The maximum Gasteiger partial charge on any atom is 0.113 e. The summed E-state index contributed by atoms with van der Waals surface area (Å²) in [6.45, 7) is 0. The number of hydrogen-bond acceptors (Lipinski definition) is 2. The molecule has 3 heteroatoms. The van der Waals surface area contributed by atoms with Crippen LogP contribution >= 0.6 is 11.6 Å². The van der Waals surface area contributed by atoms with Gasteiger partial charge in [0.25, 0.3) is 0 Å². The molecule has 0 radical (unpaired) electrons. The topological polar surface area (TPSA) is 29.4 Å². The Morgan fingerprint density at radius 3 is 2.73 bits per heavy atom. The fourth-order valence-corrected chi connectivity index (χ4v) is 2.04. The second kappa shape index (κ2) is 4.58. The molecule has 0 heterocycles. The van der Waals surface area contributed by atoms with Crippen LogP contribution in [0.2, 0.25) is 5.02 Å². The summed E-state index contributed by atoms with van der Waals surface area (Å²) in [5.74, 6) is 0. The smallest absolute Gasteiger partial charge is 0.113 e. The van der Waals surface area contributed by atoms with Gasteiger partial charge in [-0.15, -0.1) is 0 Å². The van der Waals surface area contributed by atoms with Crippen molar-refractivity contribution in [3.05, 3.63) is 45.3 Å². The Hall–Kier alpha value is -1.15. The fourth-order valence-electron chi connectivity index (χ4n) is 1.91. The summed E-state index contributed by atoms with van der Waals surface area (Å²) in [6, 6.07) is 7.50. The van der Waals surface area contributed by atoms with Crippen molar-refractivity contribution in [2.75, 3.05) is 0 Å². The van der Waals surface area contributed by atoms with E-state index < -0.39 is 0 Å². The van der Waals surface area contributed by atoms with Crippen LogP contribution in [-0.2, 0) is 0 Å². The average Bonchev–Trinajstić information content (AvgIpc) is 2.69. The van der Waals surface area contributed by atoms with Crippen molar-refractivity contribution in [1.82, 2.24) is 0 Å². The summed E-state index contributed by atoms with van der Waals surface area (Å²) in [6.07, 6.45) is 4.99. The molecule has 1 aromatic carbocycles. The summed E-state index contributed by atoms with van der Waals surface area (Å²) in [4.78, 5) is 10.5. The molecule has 0 spiro atoms. The van der Waals surface area contributed by atoms with Crippen molar-refractivity contribution in [3.63, 3.8) is 0 Å². The predicted octanol–water partition coefficient (Wildman–Crippen LogP) is 4.04. The third kappa shape index (κ3) is 2.45. The third-order valence-electron chi connectivity index (χ3n) is 2.72. The van der Waals surface area contributed by atoms with E-state index in [2.05, 4.69) is 11.3 Å². The van der Waals surface area contributed by atoms with Gasteiger partial charge in [0.2, 0.25) is 0 Å². The molecular formula is C12H12ClNO. The summed E-state index contributed by atoms with van der Waals surface area (Å²) in [7, 11) is 0. The van der Waals surface area contributed by atoms with E-state index in [9.17, 15) is 4.91 Å². The molecule has 0 amide bonds. The quantitative estimate of drug-likeness (QED) is 0.693. The number of hydrogen-bond donors (Lipinski definition) is 0. The Bertz CT molecular complexity index is 383. The van der Waals surface area contributed by atoms with E-state index in [0.29, 0.717) is 0 Å². The lowest BCUT2D eigenvalue weighted by Gasteiger charge is -2.02.